The van der Waals surface area contributed by atoms with E-state index in [0.29, 0.717) is 18.4 Å². The average molecular weight is 330 g/mol. The van der Waals surface area contributed by atoms with Crippen LogP contribution in [0.15, 0.2) is 22.7 Å². The molecule has 2 nitrogen and oxygen atoms in total. The molecule has 0 heterocycles. The summed E-state index contributed by atoms with van der Waals surface area (Å²) in [4.78, 5) is 0. The zero-order chi connectivity index (χ0) is 13.7. The molecule has 0 spiro atoms. The van der Waals surface area contributed by atoms with Crippen LogP contribution in [0.4, 0.5) is 4.39 Å². The topological polar surface area (TPSA) is 21.3 Å². The van der Waals surface area contributed by atoms with Crippen LogP contribution >= 0.6 is 15.9 Å². The maximum absolute atomic E-state index is 13.5. The molecule has 0 bridgehead atoms. The molecule has 2 unspecified atom stereocenters. The van der Waals surface area contributed by atoms with Gasteiger partial charge in [0.25, 0.3) is 0 Å². The summed E-state index contributed by atoms with van der Waals surface area (Å²) < 4.78 is 19.7. The van der Waals surface area contributed by atoms with Gasteiger partial charge in [-0.1, -0.05) is 35.7 Å². The Morgan fingerprint density at radius 3 is 2.89 bits per heavy atom. The van der Waals surface area contributed by atoms with Gasteiger partial charge in [0.05, 0.1) is 0 Å². The molecular weight excluding hydrogens is 309 g/mol. The molecular formula is C15H21BrFNO. The monoisotopic (exact) mass is 329 g/mol. The Balaban J connectivity index is 1.71. The minimum atomic E-state index is -0.319. The number of nitrogens with one attached hydrogen (secondary N) is 1. The highest BCUT2D eigenvalue weighted by molar-refractivity contribution is 9.10. The summed E-state index contributed by atoms with van der Waals surface area (Å²) >= 11 is 3.23. The van der Waals surface area contributed by atoms with Crippen molar-refractivity contribution in [1.29, 1.82) is 0 Å². The highest BCUT2D eigenvalue weighted by Crippen LogP contribution is 2.24. The smallest absolute Gasteiger partial charge is 0.166 e. The van der Waals surface area contributed by atoms with E-state index in [9.17, 15) is 4.39 Å². The molecule has 0 radical (unpaired) electrons. The van der Waals surface area contributed by atoms with Crippen LogP contribution in [0, 0.1) is 11.7 Å². The third kappa shape index (κ3) is 4.46. The molecule has 1 aliphatic carbocycles. The average Bonchev–Trinajstić information content (AvgIpc) is 2.38. The van der Waals surface area contributed by atoms with Gasteiger partial charge in [-0.25, -0.2) is 4.39 Å². The van der Waals surface area contributed by atoms with Gasteiger partial charge in [-0.05, 0) is 37.0 Å². The van der Waals surface area contributed by atoms with Crippen LogP contribution in [0.5, 0.6) is 5.75 Å². The van der Waals surface area contributed by atoms with E-state index in [1.807, 2.05) is 0 Å². The molecule has 0 amide bonds. The van der Waals surface area contributed by atoms with Gasteiger partial charge in [0.1, 0.15) is 6.61 Å². The van der Waals surface area contributed by atoms with Crippen LogP contribution in [0.2, 0.25) is 0 Å². The van der Waals surface area contributed by atoms with Crippen LogP contribution < -0.4 is 10.1 Å². The van der Waals surface area contributed by atoms with Crippen LogP contribution in [0.1, 0.15) is 32.6 Å². The molecule has 4 heteroatoms. The maximum atomic E-state index is 13.5. The molecule has 0 aliphatic heterocycles. The van der Waals surface area contributed by atoms with E-state index < -0.39 is 0 Å². The number of hydrogen-bond acceptors (Lipinski definition) is 2. The van der Waals surface area contributed by atoms with Crippen molar-refractivity contribution in [3.8, 4) is 5.75 Å². The van der Waals surface area contributed by atoms with Gasteiger partial charge in [-0.15, -0.1) is 0 Å². The summed E-state index contributed by atoms with van der Waals surface area (Å²) in [6, 6.07) is 5.45. The van der Waals surface area contributed by atoms with Crippen LogP contribution in [-0.4, -0.2) is 19.2 Å². The Morgan fingerprint density at radius 1 is 1.37 bits per heavy atom. The quantitative estimate of drug-likeness (QED) is 0.820. The minimum Gasteiger partial charge on any atom is -0.489 e. The summed E-state index contributed by atoms with van der Waals surface area (Å²) in [6.07, 6.45) is 5.21. The second-order valence-electron chi connectivity index (χ2n) is 5.25. The Labute approximate surface area is 122 Å². The molecule has 2 rings (SSSR count). The number of benzene rings is 1. The summed E-state index contributed by atoms with van der Waals surface area (Å²) in [5, 5.41) is 3.52. The number of halogens is 2. The van der Waals surface area contributed by atoms with Crippen molar-refractivity contribution in [3.05, 3.63) is 28.5 Å². The lowest BCUT2D eigenvalue weighted by Gasteiger charge is -2.29. The fraction of sp³-hybridized carbons (Fsp3) is 0.600. The predicted octanol–water partition coefficient (Wildman–Crippen LogP) is 4.14. The van der Waals surface area contributed by atoms with Gasteiger partial charge < -0.3 is 10.1 Å². The normalized spacial score (nSPS) is 23.3. The van der Waals surface area contributed by atoms with Gasteiger partial charge in [-0.3, -0.25) is 0 Å². The molecule has 1 aliphatic rings. The largest absolute Gasteiger partial charge is 0.489 e. The lowest BCUT2D eigenvalue weighted by Crippen LogP contribution is -2.39. The fourth-order valence-corrected chi connectivity index (χ4v) is 2.95. The van der Waals surface area contributed by atoms with Crippen molar-refractivity contribution in [2.24, 2.45) is 5.92 Å². The molecule has 0 saturated heterocycles. The van der Waals surface area contributed by atoms with E-state index in [-0.39, 0.29) is 5.82 Å². The molecule has 2 atom stereocenters. The molecule has 0 aromatic heterocycles. The summed E-state index contributed by atoms with van der Waals surface area (Å²) in [6.45, 7) is 3.57. The zero-order valence-electron chi connectivity index (χ0n) is 11.3. The summed E-state index contributed by atoms with van der Waals surface area (Å²) in [7, 11) is 0. The SMILES string of the molecule is CC1CCCCC1NCCOc1ccc(Br)cc1F. The van der Waals surface area contributed by atoms with Crippen molar-refractivity contribution >= 4 is 15.9 Å². The van der Waals surface area contributed by atoms with Crippen molar-refractivity contribution in [3.63, 3.8) is 0 Å². The van der Waals surface area contributed by atoms with Crippen molar-refractivity contribution in [2.45, 2.75) is 38.6 Å². The molecule has 106 valence electrons. The Bertz CT molecular complexity index is 413. The van der Waals surface area contributed by atoms with E-state index in [1.54, 1.807) is 12.1 Å². The lowest BCUT2D eigenvalue weighted by atomic mass is 9.86. The van der Waals surface area contributed by atoms with E-state index in [1.165, 1.54) is 31.7 Å². The summed E-state index contributed by atoms with van der Waals surface area (Å²) in [5.41, 5.74) is 0. The second-order valence-corrected chi connectivity index (χ2v) is 6.16. The second kappa shape index (κ2) is 7.25. The Morgan fingerprint density at radius 2 is 2.16 bits per heavy atom. The Kier molecular flexibility index (Phi) is 5.64. The first-order valence-corrected chi connectivity index (χ1v) is 7.77. The van der Waals surface area contributed by atoms with E-state index in [0.717, 1.165) is 16.9 Å². The molecule has 1 aromatic rings. The fourth-order valence-electron chi connectivity index (χ4n) is 2.62. The first-order valence-electron chi connectivity index (χ1n) is 6.98. The van der Waals surface area contributed by atoms with Crippen LogP contribution in [0.25, 0.3) is 0 Å². The molecule has 1 aromatic carbocycles. The number of rotatable bonds is 5. The molecule has 1 saturated carbocycles. The van der Waals surface area contributed by atoms with E-state index in [2.05, 4.69) is 28.2 Å². The standard InChI is InChI=1S/C15H21BrFNO/c1-11-4-2-3-5-14(11)18-8-9-19-15-7-6-12(16)10-13(15)17/h6-7,10-11,14,18H,2-5,8-9H2,1H3. The van der Waals surface area contributed by atoms with Gasteiger partial charge in [0.2, 0.25) is 0 Å². The third-order valence-corrected chi connectivity index (χ3v) is 4.26. The number of ether oxygens (including phenoxy) is 1. The zero-order valence-corrected chi connectivity index (χ0v) is 12.9. The Hall–Kier alpha value is -0.610. The first-order chi connectivity index (χ1) is 9.16. The van der Waals surface area contributed by atoms with Crippen LogP contribution in [0.3, 0.4) is 0 Å². The van der Waals surface area contributed by atoms with Gasteiger partial charge >= 0.3 is 0 Å². The van der Waals surface area contributed by atoms with Crippen molar-refractivity contribution in [2.75, 3.05) is 13.2 Å². The third-order valence-electron chi connectivity index (χ3n) is 3.77. The lowest BCUT2D eigenvalue weighted by molar-refractivity contribution is 0.247. The molecule has 19 heavy (non-hydrogen) atoms. The first kappa shape index (κ1) is 14.8. The predicted molar refractivity (Wildman–Crippen MR) is 79.0 cm³/mol. The maximum Gasteiger partial charge on any atom is 0.166 e. The van der Waals surface area contributed by atoms with Crippen molar-refractivity contribution < 1.29 is 9.13 Å². The number of hydrogen-bond donors (Lipinski definition) is 1. The molecule has 1 N–H and O–H groups in total. The van der Waals surface area contributed by atoms with E-state index >= 15 is 0 Å². The van der Waals surface area contributed by atoms with Crippen molar-refractivity contribution in [1.82, 2.24) is 5.32 Å². The van der Waals surface area contributed by atoms with Gasteiger partial charge in [0.15, 0.2) is 11.6 Å². The van der Waals surface area contributed by atoms with Crippen LogP contribution in [-0.2, 0) is 0 Å². The highest BCUT2D eigenvalue weighted by atomic mass is 79.9. The highest BCUT2D eigenvalue weighted by Gasteiger charge is 2.20. The van der Waals surface area contributed by atoms with Gasteiger partial charge in [-0.2, -0.15) is 0 Å². The minimum absolute atomic E-state index is 0.319. The molecule has 1 fully saturated rings. The van der Waals surface area contributed by atoms with E-state index in [4.69, 9.17) is 4.74 Å². The van der Waals surface area contributed by atoms with Gasteiger partial charge in [0, 0.05) is 17.1 Å². The summed E-state index contributed by atoms with van der Waals surface area (Å²) in [5.74, 6) is 0.736.